The van der Waals surface area contributed by atoms with E-state index >= 15 is 0 Å². The van der Waals surface area contributed by atoms with Gasteiger partial charge >= 0.3 is 5.97 Å². The van der Waals surface area contributed by atoms with Crippen molar-refractivity contribution in [2.75, 3.05) is 11.9 Å². The smallest absolute Gasteiger partial charge is 0.312 e. The Morgan fingerprint density at radius 3 is 2.48 bits per heavy atom. The van der Waals surface area contributed by atoms with E-state index in [0.29, 0.717) is 29.5 Å². The predicted molar refractivity (Wildman–Crippen MR) is 104 cm³/mol. The third-order valence-electron chi connectivity index (χ3n) is 6.73. The van der Waals surface area contributed by atoms with Gasteiger partial charge in [0.1, 0.15) is 5.82 Å². The van der Waals surface area contributed by atoms with E-state index in [9.17, 15) is 18.8 Å². The van der Waals surface area contributed by atoms with Gasteiger partial charge in [0.15, 0.2) is 6.61 Å². The summed E-state index contributed by atoms with van der Waals surface area (Å²) in [6.45, 7) is 2.75. The molecular weight excluding hydrogens is 375 g/mol. The highest BCUT2D eigenvalue weighted by atomic mass is 19.1. The first kappa shape index (κ1) is 19.9. The second-order valence-electron chi connectivity index (χ2n) is 9.29. The topological polar surface area (TPSA) is 84.5 Å². The standard InChI is InChI=1S/C22H27FN2O4/c1-13-3-4-17(6-18(13)23)24-19(27)11-29-20(28)21-7-15-5-16(8-21)10-22(9-15,12-21)25-14(2)26/h3-4,6,15-16H,5,7-12H2,1-2H3,(H,24,27)(H,25,26). The van der Waals surface area contributed by atoms with Crippen molar-refractivity contribution in [3.8, 4) is 0 Å². The number of halogens is 1. The highest BCUT2D eigenvalue weighted by molar-refractivity contribution is 5.93. The van der Waals surface area contributed by atoms with Gasteiger partial charge in [0.05, 0.1) is 5.41 Å². The maximum atomic E-state index is 13.6. The number of hydrogen-bond acceptors (Lipinski definition) is 4. The third-order valence-corrected chi connectivity index (χ3v) is 6.73. The van der Waals surface area contributed by atoms with Gasteiger partial charge in [-0.1, -0.05) is 6.07 Å². The molecule has 5 rings (SSSR count). The number of amides is 2. The Bertz CT molecular complexity index is 854. The van der Waals surface area contributed by atoms with Gasteiger partial charge in [-0.15, -0.1) is 0 Å². The molecule has 0 saturated heterocycles. The first-order valence-corrected chi connectivity index (χ1v) is 10.2. The van der Waals surface area contributed by atoms with Gasteiger partial charge in [0.2, 0.25) is 5.91 Å². The lowest BCUT2D eigenvalue weighted by Crippen LogP contribution is -2.64. The highest BCUT2D eigenvalue weighted by Gasteiger charge is 2.61. The van der Waals surface area contributed by atoms with Gasteiger partial charge in [0, 0.05) is 18.2 Å². The summed E-state index contributed by atoms with van der Waals surface area (Å²) in [5, 5.41) is 5.67. The van der Waals surface area contributed by atoms with E-state index < -0.39 is 23.7 Å². The molecule has 0 aliphatic heterocycles. The van der Waals surface area contributed by atoms with Crippen molar-refractivity contribution >= 4 is 23.5 Å². The minimum Gasteiger partial charge on any atom is -0.455 e. The lowest BCUT2D eigenvalue weighted by molar-refractivity contribution is -0.176. The fourth-order valence-corrected chi connectivity index (χ4v) is 6.17. The zero-order chi connectivity index (χ0) is 20.8. The Hall–Kier alpha value is -2.44. The largest absolute Gasteiger partial charge is 0.455 e. The van der Waals surface area contributed by atoms with Gasteiger partial charge < -0.3 is 15.4 Å². The van der Waals surface area contributed by atoms with Crippen LogP contribution in [0.2, 0.25) is 0 Å². The van der Waals surface area contributed by atoms with Crippen LogP contribution in [0.3, 0.4) is 0 Å². The van der Waals surface area contributed by atoms with E-state index in [1.165, 1.54) is 13.0 Å². The molecule has 7 heteroatoms. The molecule has 2 N–H and O–H groups in total. The maximum Gasteiger partial charge on any atom is 0.312 e. The molecule has 0 radical (unpaired) electrons. The fourth-order valence-electron chi connectivity index (χ4n) is 6.17. The lowest BCUT2D eigenvalue weighted by atomic mass is 9.47. The van der Waals surface area contributed by atoms with Gasteiger partial charge in [-0.05, 0) is 75.0 Å². The average Bonchev–Trinajstić information content (AvgIpc) is 2.60. The summed E-state index contributed by atoms with van der Waals surface area (Å²) in [4.78, 5) is 36.9. The Labute approximate surface area is 169 Å². The van der Waals surface area contributed by atoms with Gasteiger partial charge in [-0.3, -0.25) is 14.4 Å². The molecule has 0 aromatic heterocycles. The molecule has 4 aliphatic rings. The number of rotatable bonds is 5. The van der Waals surface area contributed by atoms with Crippen molar-refractivity contribution in [2.45, 2.75) is 57.9 Å². The Morgan fingerprint density at radius 1 is 1.17 bits per heavy atom. The van der Waals surface area contributed by atoms with E-state index in [0.717, 1.165) is 32.1 Å². The number of hydrogen-bond donors (Lipinski definition) is 2. The summed E-state index contributed by atoms with van der Waals surface area (Å²) in [7, 11) is 0. The van der Waals surface area contributed by atoms with Crippen LogP contribution in [0, 0.1) is 30.0 Å². The Morgan fingerprint density at radius 2 is 1.86 bits per heavy atom. The number of benzene rings is 1. The average molecular weight is 402 g/mol. The first-order chi connectivity index (χ1) is 13.7. The molecule has 4 bridgehead atoms. The van der Waals surface area contributed by atoms with Crippen LogP contribution in [0.15, 0.2) is 18.2 Å². The maximum absolute atomic E-state index is 13.6. The van der Waals surface area contributed by atoms with Crippen LogP contribution in [0.5, 0.6) is 0 Å². The van der Waals surface area contributed by atoms with Gasteiger partial charge in [-0.2, -0.15) is 0 Å². The number of esters is 1. The number of aryl methyl sites for hydroxylation is 1. The molecular formula is C22H27FN2O4. The van der Waals surface area contributed by atoms with Crippen LogP contribution >= 0.6 is 0 Å². The van der Waals surface area contributed by atoms with Crippen molar-refractivity contribution in [3.05, 3.63) is 29.6 Å². The molecule has 2 atom stereocenters. The monoisotopic (exact) mass is 402 g/mol. The summed E-state index contributed by atoms with van der Waals surface area (Å²) in [6, 6.07) is 4.42. The Kier molecular flexibility index (Phi) is 4.87. The molecule has 1 aromatic carbocycles. The van der Waals surface area contributed by atoms with Gasteiger partial charge in [0.25, 0.3) is 5.91 Å². The molecule has 4 saturated carbocycles. The number of nitrogens with one attached hydrogen (secondary N) is 2. The molecule has 6 nitrogen and oxygen atoms in total. The van der Waals surface area contributed by atoms with Crippen molar-refractivity contribution in [3.63, 3.8) is 0 Å². The van der Waals surface area contributed by atoms with Crippen molar-refractivity contribution in [1.29, 1.82) is 0 Å². The van der Waals surface area contributed by atoms with E-state index in [-0.39, 0.29) is 17.4 Å². The van der Waals surface area contributed by atoms with Crippen LogP contribution in [0.1, 0.15) is 51.0 Å². The quantitative estimate of drug-likeness (QED) is 0.742. The molecule has 4 aliphatic carbocycles. The van der Waals surface area contributed by atoms with E-state index in [1.807, 2.05) is 0 Å². The van der Waals surface area contributed by atoms with E-state index in [1.54, 1.807) is 19.1 Å². The van der Waals surface area contributed by atoms with Crippen molar-refractivity contribution in [1.82, 2.24) is 5.32 Å². The SMILES string of the molecule is CC(=O)NC12CC3CC(C1)CC(C(=O)OCC(=O)Nc1ccc(C)c(F)c1)(C3)C2. The molecule has 4 fully saturated rings. The fraction of sp³-hybridized carbons (Fsp3) is 0.591. The van der Waals surface area contributed by atoms with Crippen LogP contribution in [-0.4, -0.2) is 29.9 Å². The number of ether oxygens (including phenoxy) is 1. The summed E-state index contributed by atoms with van der Waals surface area (Å²) >= 11 is 0. The second-order valence-corrected chi connectivity index (χ2v) is 9.29. The molecule has 1 aromatic rings. The van der Waals surface area contributed by atoms with Crippen molar-refractivity contribution < 1.29 is 23.5 Å². The zero-order valence-corrected chi connectivity index (χ0v) is 16.8. The van der Waals surface area contributed by atoms with Gasteiger partial charge in [-0.25, -0.2) is 4.39 Å². The lowest BCUT2D eigenvalue weighted by Gasteiger charge is -2.60. The minimum absolute atomic E-state index is 0.0693. The second kappa shape index (κ2) is 7.11. The van der Waals surface area contributed by atoms with Crippen LogP contribution in [0.4, 0.5) is 10.1 Å². The normalized spacial score (nSPS) is 32.0. The third kappa shape index (κ3) is 3.87. The van der Waals surface area contributed by atoms with Crippen LogP contribution in [0.25, 0.3) is 0 Å². The first-order valence-electron chi connectivity index (χ1n) is 10.2. The molecule has 2 unspecified atom stereocenters. The highest BCUT2D eigenvalue weighted by Crippen LogP contribution is 2.62. The number of anilines is 1. The van der Waals surface area contributed by atoms with Crippen LogP contribution in [-0.2, 0) is 19.1 Å². The summed E-state index contributed by atoms with van der Waals surface area (Å²) < 4.78 is 19.0. The minimum atomic E-state index is -0.622. The summed E-state index contributed by atoms with van der Waals surface area (Å²) in [6.07, 6.45) is 5.02. The van der Waals surface area contributed by atoms with Crippen LogP contribution < -0.4 is 10.6 Å². The molecule has 2 amide bonds. The summed E-state index contributed by atoms with van der Waals surface area (Å²) in [5.74, 6) is -0.522. The predicted octanol–water partition coefficient (Wildman–Crippen LogP) is 3.09. The Balaban J connectivity index is 1.39. The molecule has 29 heavy (non-hydrogen) atoms. The summed E-state index contributed by atoms with van der Waals surface area (Å²) in [5.41, 5.74) is -0.128. The molecule has 0 heterocycles. The number of carbonyl (C=O) groups excluding carboxylic acids is 3. The number of carbonyl (C=O) groups is 3. The zero-order valence-electron chi connectivity index (χ0n) is 16.8. The van der Waals surface area contributed by atoms with E-state index in [2.05, 4.69) is 10.6 Å². The van der Waals surface area contributed by atoms with E-state index in [4.69, 9.17) is 4.74 Å². The molecule has 156 valence electrons. The molecule has 0 spiro atoms. The van der Waals surface area contributed by atoms with Crippen molar-refractivity contribution in [2.24, 2.45) is 17.3 Å².